The molecule has 2 aromatic rings. The number of hydrogen-bond donors (Lipinski definition) is 0. The summed E-state index contributed by atoms with van der Waals surface area (Å²) in [4.78, 5) is 0. The fraction of sp³-hybridized carbons (Fsp3) is 0.368. The number of hydrogen-bond acceptors (Lipinski definition) is 3. The van der Waals surface area contributed by atoms with Crippen LogP contribution in [0.1, 0.15) is 30.8 Å². The van der Waals surface area contributed by atoms with Crippen molar-refractivity contribution in [1.29, 1.82) is 0 Å². The molecule has 0 atom stereocenters. The third-order valence-corrected chi connectivity index (χ3v) is 4.37. The van der Waals surface area contributed by atoms with Gasteiger partial charge in [0.2, 0.25) is 0 Å². The minimum atomic E-state index is -4.65. The summed E-state index contributed by atoms with van der Waals surface area (Å²) >= 11 is 0. The molecule has 3 rings (SSSR count). The molecule has 1 heterocycles. The molecule has 0 bridgehead atoms. The van der Waals surface area contributed by atoms with Gasteiger partial charge in [0.25, 0.3) is 0 Å². The first-order valence-corrected chi connectivity index (χ1v) is 8.56. The lowest BCUT2D eigenvalue weighted by Gasteiger charge is -2.29. The van der Waals surface area contributed by atoms with E-state index in [1.54, 1.807) is 0 Å². The average Bonchev–Trinajstić information content (AvgIpc) is 2.65. The van der Waals surface area contributed by atoms with Crippen LogP contribution in [0.5, 0.6) is 5.75 Å². The minimum absolute atomic E-state index is 0.106. The molecule has 2 aromatic carbocycles. The smallest absolute Gasteiger partial charge is 0.429 e. The Balaban J connectivity index is 1.86. The normalized spacial score (nSPS) is 20.0. The Kier molecular flexibility index (Phi) is 6.04. The van der Waals surface area contributed by atoms with E-state index in [-0.39, 0.29) is 36.8 Å². The molecule has 29 heavy (non-hydrogen) atoms. The fourth-order valence-electron chi connectivity index (χ4n) is 2.77. The first kappa shape index (κ1) is 21.4. The summed E-state index contributed by atoms with van der Waals surface area (Å²) in [7, 11) is 0. The van der Waals surface area contributed by atoms with E-state index in [1.807, 2.05) is 6.92 Å². The monoisotopic (exact) mass is 424 g/mol. The van der Waals surface area contributed by atoms with Crippen molar-refractivity contribution < 1.29 is 44.9 Å². The number of halogens is 7. The van der Waals surface area contributed by atoms with Crippen LogP contribution >= 0.6 is 0 Å². The van der Waals surface area contributed by atoms with Gasteiger partial charge in [0, 0.05) is 23.6 Å². The molecule has 1 saturated heterocycles. The van der Waals surface area contributed by atoms with Crippen molar-refractivity contribution in [3.63, 3.8) is 0 Å². The fourth-order valence-corrected chi connectivity index (χ4v) is 2.77. The highest BCUT2D eigenvalue weighted by molar-refractivity contribution is 5.32. The van der Waals surface area contributed by atoms with Gasteiger partial charge in [-0.3, -0.25) is 0 Å². The van der Waals surface area contributed by atoms with Crippen LogP contribution in [0.2, 0.25) is 0 Å². The van der Waals surface area contributed by atoms with Crippen LogP contribution in [0.25, 0.3) is 0 Å². The van der Waals surface area contributed by atoms with Gasteiger partial charge >= 0.3 is 6.11 Å². The SMILES string of the molecule is CCC1COC(c2cc(F)c(C(F)(F)Oc3cc(F)c(F)c(F)c3)c(F)c2)OC1. The van der Waals surface area contributed by atoms with Crippen LogP contribution in [0, 0.1) is 35.0 Å². The molecule has 0 spiro atoms. The van der Waals surface area contributed by atoms with Gasteiger partial charge in [-0.15, -0.1) is 0 Å². The molecule has 1 fully saturated rings. The summed E-state index contributed by atoms with van der Waals surface area (Å²) < 4.78 is 111. The van der Waals surface area contributed by atoms with E-state index in [0.29, 0.717) is 12.1 Å². The summed E-state index contributed by atoms with van der Waals surface area (Å²) in [6, 6.07) is 1.45. The predicted octanol–water partition coefficient (Wildman–Crippen LogP) is 5.58. The molecule has 1 aliphatic heterocycles. The summed E-state index contributed by atoms with van der Waals surface area (Å²) in [6.07, 6.45) is -5.02. The molecule has 0 aromatic heterocycles. The van der Waals surface area contributed by atoms with Gasteiger partial charge in [-0.1, -0.05) is 6.92 Å². The summed E-state index contributed by atoms with van der Waals surface area (Å²) in [5.74, 6) is -9.92. The second-order valence-corrected chi connectivity index (χ2v) is 6.45. The van der Waals surface area contributed by atoms with Gasteiger partial charge in [-0.05, 0) is 18.6 Å². The van der Waals surface area contributed by atoms with Gasteiger partial charge in [0.15, 0.2) is 23.7 Å². The van der Waals surface area contributed by atoms with E-state index in [9.17, 15) is 30.7 Å². The number of rotatable bonds is 5. The van der Waals surface area contributed by atoms with Crippen LogP contribution < -0.4 is 4.74 Å². The van der Waals surface area contributed by atoms with E-state index in [0.717, 1.165) is 6.42 Å². The largest absolute Gasteiger partial charge is 0.432 e. The van der Waals surface area contributed by atoms with Crippen molar-refractivity contribution in [2.45, 2.75) is 25.7 Å². The topological polar surface area (TPSA) is 27.7 Å². The average molecular weight is 424 g/mol. The molecular weight excluding hydrogens is 409 g/mol. The molecule has 10 heteroatoms. The molecule has 3 nitrogen and oxygen atoms in total. The van der Waals surface area contributed by atoms with Gasteiger partial charge in [-0.2, -0.15) is 8.78 Å². The van der Waals surface area contributed by atoms with Crippen molar-refractivity contribution >= 4 is 0 Å². The van der Waals surface area contributed by atoms with E-state index in [2.05, 4.69) is 4.74 Å². The molecule has 0 N–H and O–H groups in total. The van der Waals surface area contributed by atoms with Gasteiger partial charge in [0.05, 0.1) is 13.2 Å². The Morgan fingerprint density at radius 1 is 0.897 bits per heavy atom. The molecular formula is C19H15F7O3. The maximum absolute atomic E-state index is 14.3. The first-order chi connectivity index (χ1) is 13.6. The van der Waals surface area contributed by atoms with Gasteiger partial charge in [0.1, 0.15) is 22.9 Å². The van der Waals surface area contributed by atoms with Crippen LogP contribution in [0.15, 0.2) is 24.3 Å². The zero-order valence-electron chi connectivity index (χ0n) is 15.0. The van der Waals surface area contributed by atoms with Crippen LogP contribution in [-0.4, -0.2) is 13.2 Å². The minimum Gasteiger partial charge on any atom is -0.429 e. The Bertz CT molecular complexity index is 849. The highest BCUT2D eigenvalue weighted by atomic mass is 19.3. The number of alkyl halides is 2. The van der Waals surface area contributed by atoms with Crippen molar-refractivity contribution in [3.8, 4) is 5.75 Å². The molecule has 0 unspecified atom stereocenters. The standard InChI is InChI=1S/C19H15F7O3/c1-2-9-7-27-18(28-8-9)10-3-12(20)16(13(21)4-10)19(25,26)29-11-5-14(22)17(24)15(23)6-11/h3-6,9,18H,2,7-8H2,1H3. The maximum atomic E-state index is 14.3. The second-order valence-electron chi connectivity index (χ2n) is 6.45. The van der Waals surface area contributed by atoms with Gasteiger partial charge in [-0.25, -0.2) is 22.0 Å². The summed E-state index contributed by atoms with van der Waals surface area (Å²) in [6.45, 7) is 2.45. The number of benzene rings is 2. The van der Waals surface area contributed by atoms with Crippen molar-refractivity contribution in [2.75, 3.05) is 13.2 Å². The second kappa shape index (κ2) is 8.19. The third kappa shape index (κ3) is 4.48. The molecule has 1 aliphatic rings. The zero-order chi connectivity index (χ0) is 21.3. The molecule has 0 radical (unpaired) electrons. The van der Waals surface area contributed by atoms with Gasteiger partial charge < -0.3 is 14.2 Å². The highest BCUT2D eigenvalue weighted by Gasteiger charge is 2.42. The lowest BCUT2D eigenvalue weighted by Crippen LogP contribution is -2.28. The Morgan fingerprint density at radius 3 is 1.90 bits per heavy atom. The van der Waals surface area contributed by atoms with Crippen molar-refractivity contribution in [2.24, 2.45) is 5.92 Å². The number of ether oxygens (including phenoxy) is 3. The summed E-state index contributed by atoms with van der Waals surface area (Å²) in [5.41, 5.74) is -1.94. The molecule has 0 amide bonds. The molecule has 0 aliphatic carbocycles. The Morgan fingerprint density at radius 2 is 1.41 bits per heavy atom. The van der Waals surface area contributed by atoms with E-state index in [1.165, 1.54) is 0 Å². The van der Waals surface area contributed by atoms with Crippen molar-refractivity contribution in [3.05, 3.63) is 64.5 Å². The Labute approximate surface area is 161 Å². The third-order valence-electron chi connectivity index (χ3n) is 4.37. The Hall–Kier alpha value is -2.33. The van der Waals surface area contributed by atoms with Crippen molar-refractivity contribution in [1.82, 2.24) is 0 Å². The van der Waals surface area contributed by atoms with Crippen LogP contribution in [-0.2, 0) is 15.6 Å². The summed E-state index contributed by atoms with van der Waals surface area (Å²) in [5, 5.41) is 0. The molecule has 158 valence electrons. The van der Waals surface area contributed by atoms with E-state index >= 15 is 0 Å². The predicted molar refractivity (Wildman–Crippen MR) is 85.6 cm³/mol. The molecule has 0 saturated carbocycles. The van der Waals surface area contributed by atoms with Crippen LogP contribution in [0.3, 0.4) is 0 Å². The van der Waals surface area contributed by atoms with E-state index in [4.69, 9.17) is 9.47 Å². The van der Waals surface area contributed by atoms with Crippen LogP contribution in [0.4, 0.5) is 30.7 Å². The van der Waals surface area contributed by atoms with E-state index < -0.39 is 52.8 Å². The lowest BCUT2D eigenvalue weighted by atomic mass is 10.1. The highest BCUT2D eigenvalue weighted by Crippen LogP contribution is 2.37. The lowest BCUT2D eigenvalue weighted by molar-refractivity contribution is -0.206. The maximum Gasteiger partial charge on any atom is 0.432 e. The first-order valence-electron chi connectivity index (χ1n) is 8.56. The quantitative estimate of drug-likeness (QED) is 0.463. The zero-order valence-corrected chi connectivity index (χ0v) is 15.0.